The zero-order valence-electron chi connectivity index (χ0n) is 11.2. The van der Waals surface area contributed by atoms with Gasteiger partial charge in [0.2, 0.25) is 0 Å². The highest BCUT2D eigenvalue weighted by Gasteiger charge is 2.16. The van der Waals surface area contributed by atoms with Crippen LogP contribution in [0.3, 0.4) is 0 Å². The van der Waals surface area contributed by atoms with E-state index in [1.54, 1.807) is 6.20 Å². The van der Waals surface area contributed by atoms with Crippen LogP contribution >= 0.6 is 0 Å². The molecule has 0 radical (unpaired) electrons. The minimum atomic E-state index is -0.127. The van der Waals surface area contributed by atoms with Crippen molar-refractivity contribution in [3.63, 3.8) is 0 Å². The molecule has 0 saturated carbocycles. The lowest BCUT2D eigenvalue weighted by Gasteiger charge is -2.23. The van der Waals surface area contributed by atoms with Crippen molar-refractivity contribution in [2.75, 3.05) is 26.2 Å². The van der Waals surface area contributed by atoms with E-state index in [2.05, 4.69) is 27.5 Å². The molecule has 0 spiro atoms. The van der Waals surface area contributed by atoms with Gasteiger partial charge in [-0.25, -0.2) is 9.97 Å². The van der Waals surface area contributed by atoms with E-state index in [0.29, 0.717) is 18.7 Å². The maximum Gasteiger partial charge on any atom is 0.254 e. The number of carbonyl (C=O) groups is 1. The van der Waals surface area contributed by atoms with E-state index >= 15 is 0 Å². The maximum absolute atomic E-state index is 12.1. The van der Waals surface area contributed by atoms with Crippen LogP contribution in [0.2, 0.25) is 0 Å². The second kappa shape index (κ2) is 7.16. The Morgan fingerprint density at radius 3 is 3.26 bits per heavy atom. The van der Waals surface area contributed by atoms with Crippen LogP contribution in [-0.2, 0) is 11.2 Å². The molecule has 1 fully saturated rings. The van der Waals surface area contributed by atoms with Gasteiger partial charge < -0.3 is 15.4 Å². The molecule has 1 aliphatic rings. The van der Waals surface area contributed by atoms with E-state index in [1.165, 1.54) is 6.33 Å². The molecular weight excluding hydrogens is 244 g/mol. The minimum absolute atomic E-state index is 0.0388. The fourth-order valence-electron chi connectivity index (χ4n) is 2.03. The van der Waals surface area contributed by atoms with Crippen LogP contribution in [0.15, 0.2) is 12.5 Å². The molecule has 1 aromatic heterocycles. The Morgan fingerprint density at radius 2 is 2.53 bits per heavy atom. The van der Waals surface area contributed by atoms with Crippen molar-refractivity contribution in [2.45, 2.75) is 25.9 Å². The summed E-state index contributed by atoms with van der Waals surface area (Å²) in [5.41, 5.74) is 1.37. The molecule has 1 aromatic rings. The first-order valence-electron chi connectivity index (χ1n) is 6.70. The zero-order chi connectivity index (χ0) is 13.5. The summed E-state index contributed by atoms with van der Waals surface area (Å²) in [5.74, 6) is -0.127. The van der Waals surface area contributed by atoms with Gasteiger partial charge in [-0.2, -0.15) is 0 Å². The van der Waals surface area contributed by atoms with Gasteiger partial charge in [0.15, 0.2) is 0 Å². The summed E-state index contributed by atoms with van der Waals surface area (Å²) in [4.78, 5) is 20.2. The van der Waals surface area contributed by atoms with E-state index in [4.69, 9.17) is 4.74 Å². The summed E-state index contributed by atoms with van der Waals surface area (Å²) in [6, 6.07) is 0. The Balaban J connectivity index is 1.91. The molecule has 0 bridgehead atoms. The molecule has 2 rings (SSSR count). The first-order chi connectivity index (χ1) is 9.31. The third-order valence-corrected chi connectivity index (χ3v) is 3.02. The Morgan fingerprint density at radius 1 is 1.63 bits per heavy atom. The summed E-state index contributed by atoms with van der Waals surface area (Å²) in [6.45, 7) is 4.90. The van der Waals surface area contributed by atoms with Gasteiger partial charge >= 0.3 is 0 Å². The maximum atomic E-state index is 12.1. The van der Waals surface area contributed by atoms with Crippen LogP contribution in [0.5, 0.6) is 0 Å². The van der Waals surface area contributed by atoms with Crippen molar-refractivity contribution in [3.05, 3.63) is 23.8 Å². The molecule has 1 atom stereocenters. The Kier molecular flexibility index (Phi) is 5.23. The van der Waals surface area contributed by atoms with Crippen LogP contribution in [0.4, 0.5) is 0 Å². The Labute approximate surface area is 113 Å². The average Bonchev–Trinajstić information content (AvgIpc) is 2.47. The number of nitrogens with one attached hydrogen (secondary N) is 2. The highest BCUT2D eigenvalue weighted by Crippen LogP contribution is 2.06. The smallest absolute Gasteiger partial charge is 0.254 e. The molecule has 0 unspecified atom stereocenters. The number of aryl methyl sites for hydroxylation is 1. The van der Waals surface area contributed by atoms with Gasteiger partial charge in [-0.15, -0.1) is 0 Å². The summed E-state index contributed by atoms with van der Waals surface area (Å²) in [5, 5.41) is 6.11. The highest BCUT2D eigenvalue weighted by atomic mass is 16.5. The fourth-order valence-corrected chi connectivity index (χ4v) is 2.03. The first kappa shape index (κ1) is 13.9. The molecule has 2 heterocycles. The van der Waals surface area contributed by atoms with Crippen molar-refractivity contribution >= 4 is 5.91 Å². The monoisotopic (exact) mass is 264 g/mol. The molecule has 19 heavy (non-hydrogen) atoms. The summed E-state index contributed by atoms with van der Waals surface area (Å²) >= 11 is 0. The van der Waals surface area contributed by atoms with Crippen LogP contribution in [0.1, 0.15) is 29.4 Å². The number of hydrogen-bond donors (Lipinski definition) is 2. The molecule has 1 saturated heterocycles. The lowest BCUT2D eigenvalue weighted by atomic mass is 10.1. The lowest BCUT2D eigenvalue weighted by Crippen LogP contribution is -2.45. The van der Waals surface area contributed by atoms with Gasteiger partial charge in [-0.3, -0.25) is 4.79 Å². The van der Waals surface area contributed by atoms with E-state index < -0.39 is 0 Å². The zero-order valence-corrected chi connectivity index (χ0v) is 11.2. The van der Waals surface area contributed by atoms with Crippen molar-refractivity contribution in [2.24, 2.45) is 0 Å². The Bertz CT molecular complexity index is 419. The van der Waals surface area contributed by atoms with Gasteiger partial charge in [0.1, 0.15) is 6.33 Å². The fraction of sp³-hybridized carbons (Fsp3) is 0.615. The molecule has 6 heteroatoms. The second-order valence-electron chi connectivity index (χ2n) is 4.54. The number of carbonyl (C=O) groups excluding carboxylic acids is 1. The van der Waals surface area contributed by atoms with Gasteiger partial charge in [0, 0.05) is 25.8 Å². The number of amides is 1. The third-order valence-electron chi connectivity index (χ3n) is 3.02. The number of ether oxygens (including phenoxy) is 1. The number of aromatic nitrogens is 2. The summed E-state index contributed by atoms with van der Waals surface area (Å²) in [7, 11) is 0. The summed E-state index contributed by atoms with van der Waals surface area (Å²) < 4.78 is 5.53. The van der Waals surface area contributed by atoms with E-state index in [0.717, 1.165) is 31.6 Å². The summed E-state index contributed by atoms with van der Waals surface area (Å²) in [6.07, 6.45) is 4.83. The van der Waals surface area contributed by atoms with Crippen molar-refractivity contribution in [1.29, 1.82) is 0 Å². The quantitative estimate of drug-likeness (QED) is 0.791. The molecule has 2 N–H and O–H groups in total. The largest absolute Gasteiger partial charge is 0.374 e. The topological polar surface area (TPSA) is 76.1 Å². The molecule has 0 aliphatic carbocycles. The van der Waals surface area contributed by atoms with Crippen LogP contribution in [0, 0.1) is 0 Å². The SMILES string of the molecule is CCCc1ncncc1C(=O)NC[C@H]1CNCCO1. The normalized spacial score (nSPS) is 19.1. The molecule has 1 aliphatic heterocycles. The van der Waals surface area contributed by atoms with Gasteiger partial charge in [0.25, 0.3) is 5.91 Å². The van der Waals surface area contributed by atoms with Crippen LogP contribution in [0.25, 0.3) is 0 Å². The van der Waals surface area contributed by atoms with Crippen molar-refractivity contribution in [3.8, 4) is 0 Å². The molecule has 104 valence electrons. The predicted octanol–water partition coefficient (Wildman–Crippen LogP) is 0.147. The van der Waals surface area contributed by atoms with E-state index in [1.807, 2.05) is 0 Å². The lowest BCUT2D eigenvalue weighted by molar-refractivity contribution is 0.0287. The van der Waals surface area contributed by atoms with Crippen molar-refractivity contribution < 1.29 is 9.53 Å². The highest BCUT2D eigenvalue weighted by molar-refractivity contribution is 5.94. The van der Waals surface area contributed by atoms with Gasteiger partial charge in [-0.1, -0.05) is 13.3 Å². The average molecular weight is 264 g/mol. The number of nitrogens with zero attached hydrogens (tertiary/aromatic N) is 2. The third kappa shape index (κ3) is 3.97. The van der Waals surface area contributed by atoms with Gasteiger partial charge in [0.05, 0.1) is 24.0 Å². The molecule has 6 nitrogen and oxygen atoms in total. The predicted molar refractivity (Wildman–Crippen MR) is 71.0 cm³/mol. The Hall–Kier alpha value is -1.53. The molecule has 1 amide bonds. The number of rotatable bonds is 5. The van der Waals surface area contributed by atoms with Crippen LogP contribution < -0.4 is 10.6 Å². The van der Waals surface area contributed by atoms with E-state index in [-0.39, 0.29) is 12.0 Å². The molecular formula is C13H20N4O2. The standard InChI is InChI=1S/C13H20N4O2/c1-2-3-12-11(8-15-9-17-12)13(18)16-7-10-6-14-4-5-19-10/h8-10,14H,2-7H2,1H3,(H,16,18)/t10-/m1/s1. The number of morpholine rings is 1. The van der Waals surface area contributed by atoms with Crippen LogP contribution in [-0.4, -0.2) is 48.2 Å². The van der Waals surface area contributed by atoms with E-state index in [9.17, 15) is 4.79 Å². The minimum Gasteiger partial charge on any atom is -0.374 e. The van der Waals surface area contributed by atoms with Gasteiger partial charge in [-0.05, 0) is 6.42 Å². The van der Waals surface area contributed by atoms with Crippen molar-refractivity contribution in [1.82, 2.24) is 20.6 Å². The second-order valence-corrected chi connectivity index (χ2v) is 4.54. The number of hydrogen-bond acceptors (Lipinski definition) is 5. The molecule has 0 aromatic carbocycles. The first-order valence-corrected chi connectivity index (χ1v) is 6.70.